The van der Waals surface area contributed by atoms with E-state index in [2.05, 4.69) is 34.7 Å². The number of piperidine rings is 1. The molecule has 3 rings (SSSR count). The highest BCUT2D eigenvalue weighted by Crippen LogP contribution is 2.61. The lowest BCUT2D eigenvalue weighted by atomic mass is 9.94. The molecule has 3 nitrogen and oxygen atoms in total. The smallest absolute Gasteiger partial charge is 0.0476 e. The highest BCUT2D eigenvalue weighted by Gasteiger charge is 2.65. The first-order valence-corrected chi connectivity index (χ1v) is 5.79. The Balaban J connectivity index is 1.79. The van der Waals surface area contributed by atoms with Gasteiger partial charge in [0.2, 0.25) is 0 Å². The van der Waals surface area contributed by atoms with Crippen molar-refractivity contribution in [2.24, 2.45) is 22.4 Å². The number of rotatable bonds is 3. The fraction of sp³-hybridized carbons (Fsp3) is 0.462. The van der Waals surface area contributed by atoms with Crippen molar-refractivity contribution in [3.63, 3.8) is 0 Å². The van der Waals surface area contributed by atoms with Crippen LogP contribution in [0.3, 0.4) is 0 Å². The van der Waals surface area contributed by atoms with E-state index in [-0.39, 0.29) is 0 Å². The predicted octanol–water partition coefficient (Wildman–Crippen LogP) is 1.52. The van der Waals surface area contributed by atoms with Crippen LogP contribution in [-0.4, -0.2) is 24.5 Å². The molecule has 1 aromatic rings. The summed E-state index contributed by atoms with van der Waals surface area (Å²) in [7, 11) is 0. The van der Waals surface area contributed by atoms with Gasteiger partial charge in [-0.3, -0.25) is 0 Å². The summed E-state index contributed by atoms with van der Waals surface area (Å²) in [6.07, 6.45) is 2.80. The second-order valence-electron chi connectivity index (χ2n) is 4.92. The summed E-state index contributed by atoms with van der Waals surface area (Å²) in [4.78, 5) is 0. The van der Waals surface area contributed by atoms with E-state index >= 15 is 0 Å². The Morgan fingerprint density at radius 1 is 1.44 bits per heavy atom. The lowest BCUT2D eigenvalue weighted by Crippen LogP contribution is -2.22. The molecule has 0 spiro atoms. The molecule has 1 aromatic carbocycles. The number of hydrogen-bond acceptors (Lipinski definition) is 3. The van der Waals surface area contributed by atoms with Crippen LogP contribution in [-0.2, 0) is 6.42 Å². The zero-order valence-electron chi connectivity index (χ0n) is 9.13. The number of nitrogens with zero attached hydrogens (tertiary/aromatic N) is 1. The summed E-state index contributed by atoms with van der Waals surface area (Å²) < 4.78 is 0. The molecule has 0 bridgehead atoms. The summed E-state index contributed by atoms with van der Waals surface area (Å²) >= 11 is 0. The van der Waals surface area contributed by atoms with Crippen LogP contribution in [0.2, 0.25) is 0 Å². The van der Waals surface area contributed by atoms with Gasteiger partial charge >= 0.3 is 0 Å². The second-order valence-corrected chi connectivity index (χ2v) is 4.92. The van der Waals surface area contributed by atoms with E-state index in [1.54, 1.807) is 6.21 Å². The van der Waals surface area contributed by atoms with Gasteiger partial charge in [-0.2, -0.15) is 0 Å². The Morgan fingerprint density at radius 3 is 3.00 bits per heavy atom. The third kappa shape index (κ3) is 1.35. The molecule has 0 unspecified atom stereocenters. The van der Waals surface area contributed by atoms with E-state index in [1.165, 1.54) is 5.56 Å². The number of hydrogen-bond donors (Lipinski definition) is 2. The van der Waals surface area contributed by atoms with Gasteiger partial charge in [-0.1, -0.05) is 30.3 Å². The minimum absolute atomic E-state index is 0.313. The van der Waals surface area contributed by atoms with Crippen molar-refractivity contribution in [3.05, 3.63) is 35.9 Å². The first-order valence-electron chi connectivity index (χ1n) is 5.79. The van der Waals surface area contributed by atoms with Crippen molar-refractivity contribution >= 4 is 6.21 Å². The molecule has 1 aliphatic carbocycles. The maximum Gasteiger partial charge on any atom is 0.0476 e. The van der Waals surface area contributed by atoms with Crippen LogP contribution in [0.1, 0.15) is 5.56 Å². The SMILES string of the molecule is O/N=C/[C@H]1[C@@H]2CNC[C@]12Cc1ccccc1. The minimum atomic E-state index is 0.313. The average molecular weight is 216 g/mol. The molecule has 3 atom stereocenters. The van der Waals surface area contributed by atoms with Crippen LogP contribution in [0.4, 0.5) is 0 Å². The maximum absolute atomic E-state index is 8.66. The van der Waals surface area contributed by atoms with E-state index in [0.717, 1.165) is 19.5 Å². The molecule has 2 N–H and O–H groups in total. The topological polar surface area (TPSA) is 44.6 Å². The van der Waals surface area contributed by atoms with Crippen LogP contribution in [0, 0.1) is 17.3 Å². The molecule has 1 heterocycles. The van der Waals surface area contributed by atoms with E-state index < -0.39 is 0 Å². The quantitative estimate of drug-likeness (QED) is 0.457. The molecule has 0 aromatic heterocycles. The fourth-order valence-corrected chi connectivity index (χ4v) is 3.26. The number of benzene rings is 1. The lowest BCUT2D eigenvalue weighted by molar-refractivity contribution is 0.318. The Labute approximate surface area is 95.2 Å². The van der Waals surface area contributed by atoms with Gasteiger partial charge in [0.15, 0.2) is 0 Å². The van der Waals surface area contributed by atoms with Crippen molar-refractivity contribution in [1.29, 1.82) is 0 Å². The largest absolute Gasteiger partial charge is 0.411 e. The van der Waals surface area contributed by atoms with Crippen molar-refractivity contribution < 1.29 is 5.21 Å². The first-order chi connectivity index (χ1) is 7.87. The standard InChI is InChI=1S/C13H16N2O/c16-15-8-12-11-7-14-9-13(11,12)6-10-4-2-1-3-5-10/h1-5,8,11-12,14,16H,6-7,9H2/b15-8+/t11-,12-,13-/m0/s1. The lowest BCUT2D eigenvalue weighted by Gasteiger charge is -2.13. The summed E-state index contributed by atoms with van der Waals surface area (Å²) in [5, 5.41) is 15.3. The molecule has 1 saturated heterocycles. The van der Waals surface area contributed by atoms with Gasteiger partial charge in [-0.15, -0.1) is 5.16 Å². The molecule has 3 heteroatoms. The Kier molecular flexibility index (Phi) is 2.21. The molecule has 2 aliphatic rings. The van der Waals surface area contributed by atoms with Crippen molar-refractivity contribution in [1.82, 2.24) is 5.32 Å². The van der Waals surface area contributed by atoms with Crippen molar-refractivity contribution in [2.45, 2.75) is 6.42 Å². The summed E-state index contributed by atoms with van der Waals surface area (Å²) in [5.41, 5.74) is 1.69. The van der Waals surface area contributed by atoms with Gasteiger partial charge in [-0.25, -0.2) is 0 Å². The Hall–Kier alpha value is -1.35. The number of nitrogens with one attached hydrogen (secondary N) is 1. The van der Waals surface area contributed by atoms with E-state index in [4.69, 9.17) is 5.21 Å². The van der Waals surface area contributed by atoms with E-state index in [9.17, 15) is 0 Å². The van der Waals surface area contributed by atoms with Crippen LogP contribution in [0.15, 0.2) is 35.5 Å². The molecule has 1 aliphatic heterocycles. The molecule has 84 valence electrons. The average Bonchev–Trinajstić information content (AvgIpc) is 2.71. The van der Waals surface area contributed by atoms with E-state index in [0.29, 0.717) is 17.3 Å². The zero-order valence-corrected chi connectivity index (χ0v) is 9.13. The van der Waals surface area contributed by atoms with Gasteiger partial charge in [0.05, 0.1) is 0 Å². The minimum Gasteiger partial charge on any atom is -0.411 e. The highest BCUT2D eigenvalue weighted by atomic mass is 16.4. The van der Waals surface area contributed by atoms with Crippen molar-refractivity contribution in [2.75, 3.05) is 13.1 Å². The molecule has 0 amide bonds. The van der Waals surface area contributed by atoms with Crippen molar-refractivity contribution in [3.8, 4) is 0 Å². The molecule has 0 radical (unpaired) electrons. The number of fused-ring (bicyclic) bond motifs is 1. The maximum atomic E-state index is 8.66. The second kappa shape index (κ2) is 3.59. The monoisotopic (exact) mass is 216 g/mol. The first kappa shape index (κ1) is 9.85. The van der Waals surface area contributed by atoms with Gasteiger partial charge in [0, 0.05) is 18.7 Å². The molecule has 2 fully saturated rings. The van der Waals surface area contributed by atoms with Crippen LogP contribution in [0.25, 0.3) is 0 Å². The predicted molar refractivity (Wildman–Crippen MR) is 62.7 cm³/mol. The number of oxime groups is 1. The highest BCUT2D eigenvalue weighted by molar-refractivity contribution is 5.68. The summed E-state index contributed by atoms with van der Waals surface area (Å²) in [6, 6.07) is 10.6. The third-order valence-corrected chi connectivity index (χ3v) is 4.15. The molecule has 1 saturated carbocycles. The molecular weight excluding hydrogens is 200 g/mol. The summed E-state index contributed by atoms with van der Waals surface area (Å²) in [6.45, 7) is 2.10. The summed E-state index contributed by atoms with van der Waals surface area (Å²) in [5.74, 6) is 1.11. The van der Waals surface area contributed by atoms with Crippen LogP contribution in [0.5, 0.6) is 0 Å². The van der Waals surface area contributed by atoms with Gasteiger partial charge in [0.1, 0.15) is 0 Å². The molecule has 16 heavy (non-hydrogen) atoms. The Bertz CT molecular complexity index is 404. The van der Waals surface area contributed by atoms with Crippen LogP contribution < -0.4 is 5.32 Å². The normalized spacial score (nSPS) is 36.5. The molecular formula is C13H16N2O. The van der Waals surface area contributed by atoms with Crippen LogP contribution >= 0.6 is 0 Å². The van der Waals surface area contributed by atoms with Gasteiger partial charge in [-0.05, 0) is 29.9 Å². The van der Waals surface area contributed by atoms with E-state index in [1.807, 2.05) is 6.07 Å². The van der Waals surface area contributed by atoms with Gasteiger partial charge in [0.25, 0.3) is 0 Å². The zero-order chi connectivity index (χ0) is 11.0. The Morgan fingerprint density at radius 2 is 2.25 bits per heavy atom. The fourth-order valence-electron chi connectivity index (χ4n) is 3.26. The third-order valence-electron chi connectivity index (χ3n) is 4.15. The van der Waals surface area contributed by atoms with Gasteiger partial charge < -0.3 is 10.5 Å².